The van der Waals surface area contributed by atoms with Gasteiger partial charge in [-0.1, -0.05) is 54.6 Å². The van der Waals surface area contributed by atoms with Gasteiger partial charge in [0, 0.05) is 6.54 Å². The van der Waals surface area contributed by atoms with E-state index in [9.17, 15) is 18.0 Å². The average molecular weight is 385 g/mol. The van der Waals surface area contributed by atoms with Gasteiger partial charge in [0.15, 0.2) is 0 Å². The molecule has 0 fully saturated rings. The van der Waals surface area contributed by atoms with Gasteiger partial charge >= 0.3 is 6.18 Å². The van der Waals surface area contributed by atoms with Crippen molar-refractivity contribution >= 4 is 5.91 Å². The molecule has 3 rings (SSSR count). The molecule has 0 aliphatic carbocycles. The van der Waals surface area contributed by atoms with Crippen LogP contribution < -0.4 is 10.1 Å². The Morgan fingerprint density at radius 1 is 0.821 bits per heavy atom. The fourth-order valence-electron chi connectivity index (χ4n) is 2.75. The van der Waals surface area contributed by atoms with E-state index in [-0.39, 0.29) is 13.2 Å². The highest BCUT2D eigenvalue weighted by Gasteiger charge is 2.34. The number of ether oxygens (including phenoxy) is 1. The van der Waals surface area contributed by atoms with Crippen molar-refractivity contribution in [1.29, 1.82) is 0 Å². The van der Waals surface area contributed by atoms with Gasteiger partial charge in [0.1, 0.15) is 12.4 Å². The third kappa shape index (κ3) is 4.91. The quantitative estimate of drug-likeness (QED) is 0.632. The topological polar surface area (TPSA) is 38.3 Å². The van der Waals surface area contributed by atoms with Crippen LogP contribution in [-0.4, -0.2) is 5.91 Å². The Labute approximate surface area is 160 Å². The molecule has 6 heteroatoms. The lowest BCUT2D eigenvalue weighted by Gasteiger charge is -2.14. The second-order valence-corrected chi connectivity index (χ2v) is 6.10. The Morgan fingerprint density at radius 3 is 2.14 bits per heavy atom. The zero-order chi connectivity index (χ0) is 20.0. The number of rotatable bonds is 6. The standard InChI is InChI=1S/C22H18F3NO2/c23-22(24,25)20-13-7-6-12-19(20)21(27)26-14-16-8-4-5-9-17(16)15-28-18-10-2-1-3-11-18/h1-13H,14-15H2,(H,26,27). The predicted molar refractivity (Wildman–Crippen MR) is 99.8 cm³/mol. The van der Waals surface area contributed by atoms with Crippen molar-refractivity contribution in [2.45, 2.75) is 19.3 Å². The summed E-state index contributed by atoms with van der Waals surface area (Å²) in [5.41, 5.74) is 0.272. The number of halogens is 3. The highest BCUT2D eigenvalue weighted by Crippen LogP contribution is 2.31. The second kappa shape index (κ2) is 8.61. The van der Waals surface area contributed by atoms with Gasteiger partial charge in [-0.2, -0.15) is 13.2 Å². The third-order valence-electron chi connectivity index (χ3n) is 4.17. The molecule has 0 radical (unpaired) electrons. The summed E-state index contributed by atoms with van der Waals surface area (Å²) in [6.45, 7) is 0.383. The first-order valence-corrected chi connectivity index (χ1v) is 8.64. The minimum Gasteiger partial charge on any atom is -0.489 e. The molecule has 144 valence electrons. The van der Waals surface area contributed by atoms with Crippen LogP contribution in [0.5, 0.6) is 5.75 Å². The Morgan fingerprint density at radius 2 is 1.43 bits per heavy atom. The fourth-order valence-corrected chi connectivity index (χ4v) is 2.75. The molecule has 3 aromatic carbocycles. The van der Waals surface area contributed by atoms with Gasteiger partial charge in [0.05, 0.1) is 11.1 Å². The van der Waals surface area contributed by atoms with Crippen molar-refractivity contribution < 1.29 is 22.7 Å². The molecule has 0 bridgehead atoms. The van der Waals surface area contributed by atoms with Crippen LogP contribution in [0.25, 0.3) is 0 Å². The number of benzene rings is 3. The molecule has 0 saturated carbocycles. The molecule has 0 aliphatic heterocycles. The first kappa shape index (κ1) is 19.5. The van der Waals surface area contributed by atoms with E-state index in [0.717, 1.165) is 17.2 Å². The van der Waals surface area contributed by atoms with Gasteiger partial charge in [-0.15, -0.1) is 0 Å². The molecule has 3 nitrogen and oxygen atoms in total. The van der Waals surface area contributed by atoms with Crippen LogP contribution in [0.2, 0.25) is 0 Å². The number of para-hydroxylation sites is 1. The molecular weight excluding hydrogens is 367 g/mol. The summed E-state index contributed by atoms with van der Waals surface area (Å²) in [5, 5.41) is 2.57. The molecule has 28 heavy (non-hydrogen) atoms. The van der Waals surface area contributed by atoms with Gasteiger partial charge in [0.25, 0.3) is 5.91 Å². The first-order valence-electron chi connectivity index (χ1n) is 8.64. The highest BCUT2D eigenvalue weighted by atomic mass is 19.4. The number of amides is 1. The number of carbonyl (C=O) groups is 1. The first-order chi connectivity index (χ1) is 13.4. The minimum atomic E-state index is -4.59. The molecule has 1 N–H and O–H groups in total. The van der Waals surface area contributed by atoms with E-state index in [1.54, 1.807) is 12.1 Å². The van der Waals surface area contributed by atoms with Crippen molar-refractivity contribution in [3.8, 4) is 5.75 Å². The maximum absolute atomic E-state index is 13.1. The van der Waals surface area contributed by atoms with Crippen LogP contribution in [0.1, 0.15) is 27.0 Å². The summed E-state index contributed by atoms with van der Waals surface area (Å²) in [6.07, 6.45) is -4.59. The Hall–Kier alpha value is -3.28. The van der Waals surface area contributed by atoms with Gasteiger partial charge in [-0.25, -0.2) is 0 Å². The van der Waals surface area contributed by atoms with E-state index in [4.69, 9.17) is 4.74 Å². The molecule has 0 saturated heterocycles. The SMILES string of the molecule is O=C(NCc1ccccc1COc1ccccc1)c1ccccc1C(F)(F)F. The average Bonchev–Trinajstić information content (AvgIpc) is 2.71. The monoisotopic (exact) mass is 385 g/mol. The van der Waals surface area contributed by atoms with Crippen LogP contribution in [0.15, 0.2) is 78.9 Å². The number of carbonyl (C=O) groups excluding carboxylic acids is 1. The van der Waals surface area contributed by atoms with Gasteiger partial charge < -0.3 is 10.1 Å². The van der Waals surface area contributed by atoms with Gasteiger partial charge in [-0.05, 0) is 35.4 Å². The molecule has 0 aromatic heterocycles. The van der Waals surface area contributed by atoms with E-state index in [1.165, 1.54) is 18.2 Å². The number of hydrogen-bond donors (Lipinski definition) is 1. The van der Waals surface area contributed by atoms with Crippen molar-refractivity contribution in [3.63, 3.8) is 0 Å². The Kier molecular flexibility index (Phi) is 5.99. The molecule has 0 atom stereocenters. The molecule has 3 aromatic rings. The van der Waals surface area contributed by atoms with Gasteiger partial charge in [-0.3, -0.25) is 4.79 Å². The van der Waals surface area contributed by atoms with Crippen LogP contribution in [0.3, 0.4) is 0 Å². The maximum atomic E-state index is 13.1. The number of nitrogens with one attached hydrogen (secondary N) is 1. The molecule has 0 aliphatic rings. The van der Waals surface area contributed by atoms with Crippen molar-refractivity contribution in [2.75, 3.05) is 0 Å². The molecule has 0 heterocycles. The highest BCUT2D eigenvalue weighted by molar-refractivity contribution is 5.95. The maximum Gasteiger partial charge on any atom is 0.417 e. The zero-order valence-electron chi connectivity index (χ0n) is 14.9. The van der Waals surface area contributed by atoms with E-state index in [2.05, 4.69) is 5.32 Å². The van der Waals surface area contributed by atoms with Gasteiger partial charge in [0.2, 0.25) is 0 Å². The predicted octanol–water partition coefficient (Wildman–Crippen LogP) is 5.21. The molecule has 1 amide bonds. The summed E-state index contributed by atoms with van der Waals surface area (Å²) in [7, 11) is 0. The summed E-state index contributed by atoms with van der Waals surface area (Å²) in [4.78, 5) is 12.3. The summed E-state index contributed by atoms with van der Waals surface area (Å²) in [6, 6.07) is 21.3. The fraction of sp³-hybridized carbons (Fsp3) is 0.136. The van der Waals surface area contributed by atoms with E-state index >= 15 is 0 Å². The summed E-state index contributed by atoms with van der Waals surface area (Å²) < 4.78 is 45.0. The summed E-state index contributed by atoms with van der Waals surface area (Å²) >= 11 is 0. The lowest BCUT2D eigenvalue weighted by molar-refractivity contribution is -0.137. The van der Waals surface area contributed by atoms with E-state index < -0.39 is 23.2 Å². The summed E-state index contributed by atoms with van der Waals surface area (Å²) in [5.74, 6) is -0.0628. The smallest absolute Gasteiger partial charge is 0.417 e. The van der Waals surface area contributed by atoms with E-state index in [0.29, 0.717) is 5.75 Å². The number of alkyl halides is 3. The van der Waals surface area contributed by atoms with Crippen molar-refractivity contribution in [2.24, 2.45) is 0 Å². The normalized spacial score (nSPS) is 11.1. The van der Waals surface area contributed by atoms with Crippen LogP contribution in [-0.2, 0) is 19.3 Å². The van der Waals surface area contributed by atoms with Crippen molar-refractivity contribution in [1.82, 2.24) is 5.32 Å². The third-order valence-corrected chi connectivity index (χ3v) is 4.17. The molecule has 0 spiro atoms. The molecule has 0 unspecified atom stereocenters. The van der Waals surface area contributed by atoms with E-state index in [1.807, 2.05) is 42.5 Å². The Bertz CT molecular complexity index is 940. The van der Waals surface area contributed by atoms with Crippen LogP contribution in [0, 0.1) is 0 Å². The zero-order valence-corrected chi connectivity index (χ0v) is 14.9. The molecular formula is C22H18F3NO2. The lowest BCUT2D eigenvalue weighted by atomic mass is 10.1. The number of hydrogen-bond acceptors (Lipinski definition) is 2. The van der Waals surface area contributed by atoms with Crippen LogP contribution >= 0.6 is 0 Å². The second-order valence-electron chi connectivity index (χ2n) is 6.10. The van der Waals surface area contributed by atoms with Crippen LogP contribution in [0.4, 0.5) is 13.2 Å². The lowest BCUT2D eigenvalue weighted by Crippen LogP contribution is -2.26. The minimum absolute atomic E-state index is 0.0966. The largest absolute Gasteiger partial charge is 0.489 e. The van der Waals surface area contributed by atoms with Crippen molar-refractivity contribution in [3.05, 3.63) is 101 Å². The Balaban J connectivity index is 1.69.